The summed E-state index contributed by atoms with van der Waals surface area (Å²) in [5, 5.41) is 7.90. The molecule has 5 heteroatoms. The van der Waals surface area contributed by atoms with Crippen molar-refractivity contribution in [3.05, 3.63) is 11.6 Å². The third-order valence-corrected chi connectivity index (χ3v) is 3.59. The van der Waals surface area contributed by atoms with Crippen molar-refractivity contribution < 1.29 is 9.53 Å². The van der Waals surface area contributed by atoms with Crippen LogP contribution < -0.4 is 0 Å². The van der Waals surface area contributed by atoms with Crippen LogP contribution in [-0.2, 0) is 11.3 Å². The number of nitrogens with zero attached hydrogens (tertiary/aromatic N) is 3. The standard InChI is InChI=1S/C12H19N3O2/c1-4-12(6-7-12)8-15-9(3)13-14-10(15)11(16)17-5-2/h4-8H2,1-3H3. The molecule has 0 bridgehead atoms. The highest BCUT2D eigenvalue weighted by Gasteiger charge is 2.42. The SMILES string of the molecule is CCOC(=O)c1nnc(C)n1CC1(CC)CC1. The Morgan fingerprint density at radius 2 is 2.12 bits per heavy atom. The Morgan fingerprint density at radius 1 is 1.41 bits per heavy atom. The number of rotatable bonds is 5. The molecule has 1 saturated carbocycles. The number of hydrogen-bond donors (Lipinski definition) is 0. The fourth-order valence-corrected chi connectivity index (χ4v) is 2.05. The predicted molar refractivity (Wildman–Crippen MR) is 62.7 cm³/mol. The van der Waals surface area contributed by atoms with Crippen molar-refractivity contribution in [3.63, 3.8) is 0 Å². The van der Waals surface area contributed by atoms with Crippen LogP contribution in [0.5, 0.6) is 0 Å². The van der Waals surface area contributed by atoms with Crippen molar-refractivity contribution in [2.45, 2.75) is 46.6 Å². The minimum Gasteiger partial charge on any atom is -0.460 e. The lowest BCUT2D eigenvalue weighted by molar-refractivity contribution is 0.0503. The maximum absolute atomic E-state index is 11.7. The average molecular weight is 237 g/mol. The van der Waals surface area contributed by atoms with Gasteiger partial charge in [0.15, 0.2) is 0 Å². The molecule has 0 amide bonds. The molecule has 5 nitrogen and oxygen atoms in total. The molecule has 1 aromatic heterocycles. The van der Waals surface area contributed by atoms with Crippen LogP contribution in [0.2, 0.25) is 0 Å². The molecule has 0 unspecified atom stereocenters. The van der Waals surface area contributed by atoms with E-state index in [1.54, 1.807) is 6.92 Å². The second-order valence-electron chi connectivity index (χ2n) is 4.73. The summed E-state index contributed by atoms with van der Waals surface area (Å²) >= 11 is 0. The topological polar surface area (TPSA) is 57.0 Å². The van der Waals surface area contributed by atoms with Gasteiger partial charge in [0.25, 0.3) is 0 Å². The minimum absolute atomic E-state index is 0.337. The van der Waals surface area contributed by atoms with Crippen molar-refractivity contribution >= 4 is 5.97 Å². The third-order valence-electron chi connectivity index (χ3n) is 3.59. The van der Waals surface area contributed by atoms with Crippen molar-refractivity contribution in [3.8, 4) is 0 Å². The molecule has 0 N–H and O–H groups in total. The number of ether oxygens (including phenoxy) is 1. The largest absolute Gasteiger partial charge is 0.460 e. The summed E-state index contributed by atoms with van der Waals surface area (Å²) in [7, 11) is 0. The van der Waals surface area contributed by atoms with Gasteiger partial charge < -0.3 is 9.30 Å². The number of esters is 1. The Morgan fingerprint density at radius 3 is 2.65 bits per heavy atom. The smallest absolute Gasteiger partial charge is 0.376 e. The first-order valence-electron chi connectivity index (χ1n) is 6.19. The van der Waals surface area contributed by atoms with Crippen LogP contribution in [0.3, 0.4) is 0 Å². The molecule has 1 aliphatic rings. The fourth-order valence-electron chi connectivity index (χ4n) is 2.05. The second kappa shape index (κ2) is 4.47. The first-order chi connectivity index (χ1) is 8.12. The van der Waals surface area contributed by atoms with Gasteiger partial charge in [-0.3, -0.25) is 0 Å². The summed E-state index contributed by atoms with van der Waals surface area (Å²) in [6.07, 6.45) is 3.58. The van der Waals surface area contributed by atoms with Gasteiger partial charge in [-0.15, -0.1) is 10.2 Å². The molecule has 2 rings (SSSR count). The van der Waals surface area contributed by atoms with Crippen molar-refractivity contribution in [1.29, 1.82) is 0 Å². The van der Waals surface area contributed by atoms with Crippen LogP contribution >= 0.6 is 0 Å². The van der Waals surface area contributed by atoms with Crippen LogP contribution in [0.15, 0.2) is 0 Å². The van der Waals surface area contributed by atoms with Crippen LogP contribution in [-0.4, -0.2) is 27.3 Å². The van der Waals surface area contributed by atoms with Crippen LogP contribution in [0.4, 0.5) is 0 Å². The third kappa shape index (κ3) is 2.33. The van der Waals surface area contributed by atoms with E-state index in [0.717, 1.165) is 18.8 Å². The fraction of sp³-hybridized carbons (Fsp3) is 0.750. The van der Waals surface area contributed by atoms with Gasteiger partial charge in [0.2, 0.25) is 5.82 Å². The molecule has 0 saturated heterocycles. The van der Waals surface area contributed by atoms with Gasteiger partial charge in [-0.05, 0) is 38.5 Å². The highest BCUT2D eigenvalue weighted by molar-refractivity contribution is 5.85. The lowest BCUT2D eigenvalue weighted by atomic mass is 10.0. The molecule has 1 aliphatic carbocycles. The summed E-state index contributed by atoms with van der Waals surface area (Å²) in [5.74, 6) is 0.747. The number of aromatic nitrogens is 3. The summed E-state index contributed by atoms with van der Waals surface area (Å²) in [4.78, 5) is 11.7. The zero-order valence-corrected chi connectivity index (χ0v) is 10.7. The first-order valence-corrected chi connectivity index (χ1v) is 6.19. The van der Waals surface area contributed by atoms with Crippen LogP contribution in [0.25, 0.3) is 0 Å². The summed E-state index contributed by atoms with van der Waals surface area (Å²) in [6.45, 7) is 7.05. The lowest BCUT2D eigenvalue weighted by Gasteiger charge is -2.15. The quantitative estimate of drug-likeness (QED) is 0.734. The predicted octanol–water partition coefficient (Wildman–Crippen LogP) is 1.95. The summed E-state index contributed by atoms with van der Waals surface area (Å²) in [5.41, 5.74) is 0.356. The number of hydrogen-bond acceptors (Lipinski definition) is 4. The molecule has 0 radical (unpaired) electrons. The van der Waals surface area contributed by atoms with Gasteiger partial charge in [-0.1, -0.05) is 6.92 Å². The average Bonchev–Trinajstić information content (AvgIpc) is 3.00. The summed E-state index contributed by atoms with van der Waals surface area (Å²) in [6, 6.07) is 0. The van der Waals surface area contributed by atoms with Crippen molar-refractivity contribution in [2.24, 2.45) is 5.41 Å². The van der Waals surface area contributed by atoms with Gasteiger partial charge in [0.05, 0.1) is 6.61 Å². The van der Waals surface area contributed by atoms with Crippen LogP contribution in [0, 0.1) is 12.3 Å². The van der Waals surface area contributed by atoms with Gasteiger partial charge in [0, 0.05) is 6.54 Å². The monoisotopic (exact) mass is 237 g/mol. The number of carbonyl (C=O) groups excluding carboxylic acids is 1. The van der Waals surface area contributed by atoms with Gasteiger partial charge in [-0.25, -0.2) is 4.79 Å². The van der Waals surface area contributed by atoms with E-state index < -0.39 is 0 Å². The highest BCUT2D eigenvalue weighted by Crippen LogP contribution is 2.50. The van der Waals surface area contributed by atoms with Gasteiger partial charge in [0.1, 0.15) is 5.82 Å². The van der Waals surface area contributed by atoms with Gasteiger partial charge >= 0.3 is 5.97 Å². The molecule has 17 heavy (non-hydrogen) atoms. The van der Waals surface area contributed by atoms with Crippen LogP contribution in [0.1, 0.15) is 49.6 Å². The molecule has 94 valence electrons. The zero-order valence-electron chi connectivity index (χ0n) is 10.7. The Bertz CT molecular complexity index is 421. The Labute approximate surface area is 101 Å². The van der Waals surface area contributed by atoms with E-state index in [9.17, 15) is 4.79 Å². The van der Waals surface area contributed by atoms with Crippen molar-refractivity contribution in [1.82, 2.24) is 14.8 Å². The Hall–Kier alpha value is -1.39. The van der Waals surface area contributed by atoms with E-state index in [-0.39, 0.29) is 5.97 Å². The summed E-state index contributed by atoms with van der Waals surface area (Å²) < 4.78 is 6.89. The number of aryl methyl sites for hydroxylation is 1. The second-order valence-corrected chi connectivity index (χ2v) is 4.73. The Kier molecular flexibility index (Phi) is 3.17. The molecule has 1 heterocycles. The molecule has 1 aromatic rings. The zero-order chi connectivity index (χ0) is 12.5. The van der Waals surface area contributed by atoms with E-state index in [1.807, 2.05) is 11.5 Å². The van der Waals surface area contributed by atoms with E-state index in [1.165, 1.54) is 12.8 Å². The van der Waals surface area contributed by atoms with E-state index in [0.29, 0.717) is 17.8 Å². The molecule has 1 fully saturated rings. The maximum atomic E-state index is 11.7. The highest BCUT2D eigenvalue weighted by atomic mass is 16.5. The first kappa shape index (κ1) is 12.1. The van der Waals surface area contributed by atoms with E-state index >= 15 is 0 Å². The molecule has 0 aliphatic heterocycles. The van der Waals surface area contributed by atoms with Crippen molar-refractivity contribution in [2.75, 3.05) is 6.61 Å². The molecular formula is C12H19N3O2. The number of carbonyl (C=O) groups is 1. The molecule has 0 aromatic carbocycles. The van der Waals surface area contributed by atoms with Gasteiger partial charge in [-0.2, -0.15) is 0 Å². The molecule has 0 atom stereocenters. The maximum Gasteiger partial charge on any atom is 0.376 e. The Balaban J connectivity index is 2.20. The lowest BCUT2D eigenvalue weighted by Crippen LogP contribution is -2.19. The normalized spacial score (nSPS) is 16.9. The molecule has 0 spiro atoms. The minimum atomic E-state index is -0.375. The van der Waals surface area contributed by atoms with E-state index in [4.69, 9.17) is 4.74 Å². The molecular weight excluding hydrogens is 218 g/mol. The van der Waals surface area contributed by atoms with E-state index in [2.05, 4.69) is 17.1 Å².